The fourth-order valence-electron chi connectivity index (χ4n) is 0. The molecule has 0 aromatic carbocycles. The van der Waals surface area contributed by atoms with Crippen molar-refractivity contribution >= 4 is 11.8 Å². The zero-order valence-electron chi connectivity index (χ0n) is 6.29. The third-order valence-corrected chi connectivity index (χ3v) is 0.301. The normalized spacial score (nSPS) is 5.70. The van der Waals surface area contributed by atoms with Crippen LogP contribution < -0.4 is 5.73 Å². The molecule has 4 N–H and O–H groups in total. The molecule has 10 heavy (non-hydrogen) atoms. The van der Waals surface area contributed by atoms with Gasteiger partial charge in [-0.15, -0.1) is 0 Å². The number of hydrogen-bond acceptors (Lipinski definition) is 4. The summed E-state index contributed by atoms with van der Waals surface area (Å²) in [5.41, 5.74) is 4.50. The van der Waals surface area contributed by atoms with Crippen LogP contribution in [0, 0.1) is 0 Å². The summed E-state index contributed by atoms with van der Waals surface area (Å²) in [6.45, 7) is 1.00. The summed E-state index contributed by atoms with van der Waals surface area (Å²) >= 11 is 0. The van der Waals surface area contributed by atoms with Crippen LogP contribution in [0.3, 0.4) is 0 Å². The Morgan fingerprint density at radius 3 is 1.30 bits per heavy atom. The van der Waals surface area contributed by atoms with Gasteiger partial charge in [-0.1, -0.05) is 0 Å². The molecule has 0 aliphatic heterocycles. The Morgan fingerprint density at radius 1 is 1.20 bits per heavy atom. The number of ketones is 1. The van der Waals surface area contributed by atoms with Crippen molar-refractivity contribution in [3.05, 3.63) is 0 Å². The average Bonchev–Trinajstić information content (AvgIpc) is 1.96. The highest BCUT2D eigenvalue weighted by Crippen LogP contribution is 1.61. The van der Waals surface area contributed by atoms with Crippen molar-refractivity contribution in [1.82, 2.24) is 0 Å². The van der Waals surface area contributed by atoms with Crippen molar-refractivity contribution in [1.29, 1.82) is 0 Å². The van der Waals surface area contributed by atoms with E-state index in [1.54, 1.807) is 0 Å². The molecule has 0 unspecified atom stereocenters. The maximum absolute atomic E-state index is 9.54. The second-order valence-corrected chi connectivity index (χ2v) is 0.861. The zero-order valence-corrected chi connectivity index (χ0v) is 6.29. The summed E-state index contributed by atoms with van der Waals surface area (Å²) in [4.78, 5) is 18.9. The number of aliphatic hydroxyl groups excluding tert-OH is 1. The smallest absolute Gasteiger partial charge is 0.371 e. The second-order valence-electron chi connectivity index (χ2n) is 0.861. The number of hydrogen-bond donors (Lipinski definition) is 3. The molecule has 0 heterocycles. The van der Waals surface area contributed by atoms with Crippen LogP contribution in [0.15, 0.2) is 0 Å². The molecule has 0 saturated heterocycles. The van der Waals surface area contributed by atoms with Gasteiger partial charge in [-0.3, -0.25) is 4.79 Å². The molecular formula is C5H13NO4. The number of aliphatic hydroxyl groups is 1. The van der Waals surface area contributed by atoms with E-state index in [1.165, 1.54) is 7.05 Å². The summed E-state index contributed by atoms with van der Waals surface area (Å²) in [5, 5.41) is 14.6. The maximum Gasteiger partial charge on any atom is 0.371 e. The van der Waals surface area contributed by atoms with Gasteiger partial charge < -0.3 is 15.9 Å². The lowest BCUT2D eigenvalue weighted by Crippen LogP contribution is -2.05. The van der Waals surface area contributed by atoms with Crippen LogP contribution in [0.2, 0.25) is 0 Å². The summed E-state index contributed by atoms with van der Waals surface area (Å²) in [6, 6.07) is 0. The number of aliphatic carboxylic acids is 1. The Labute approximate surface area is 59.5 Å². The molecule has 5 heteroatoms. The Kier molecular flexibility index (Phi) is 25.1. The minimum Gasteiger partial charge on any atom is -0.476 e. The molecule has 0 bridgehead atoms. The molecule has 62 valence electrons. The monoisotopic (exact) mass is 151 g/mol. The lowest BCUT2D eigenvalue weighted by molar-refractivity contribution is -0.148. The topological polar surface area (TPSA) is 101 Å². The van der Waals surface area contributed by atoms with Crippen molar-refractivity contribution in [3.63, 3.8) is 0 Å². The molecule has 0 aromatic heterocycles. The molecule has 0 atom stereocenters. The fourth-order valence-corrected chi connectivity index (χ4v) is 0. The van der Waals surface area contributed by atoms with Crippen LogP contribution in [-0.4, -0.2) is 36.1 Å². The van der Waals surface area contributed by atoms with E-state index in [0.29, 0.717) is 0 Å². The first-order valence-corrected chi connectivity index (χ1v) is 2.41. The SMILES string of the molecule is CC(=O)C(=O)O.CN.CO. The predicted octanol–water partition coefficient (Wildman–Crippen LogP) is -1.16. The summed E-state index contributed by atoms with van der Waals surface area (Å²) < 4.78 is 0. The third kappa shape index (κ3) is 27.7. The summed E-state index contributed by atoms with van der Waals surface area (Å²) in [6.07, 6.45) is 0. The summed E-state index contributed by atoms with van der Waals surface area (Å²) in [5.74, 6) is -2.20. The Bertz CT molecular complexity index is 79.6. The molecule has 0 radical (unpaired) electrons. The van der Waals surface area contributed by atoms with Gasteiger partial charge in [-0.25, -0.2) is 4.79 Å². The van der Waals surface area contributed by atoms with Gasteiger partial charge in [0.25, 0.3) is 0 Å². The minimum atomic E-state index is -1.38. The van der Waals surface area contributed by atoms with Gasteiger partial charge in [-0.2, -0.15) is 0 Å². The van der Waals surface area contributed by atoms with Gasteiger partial charge in [0.1, 0.15) is 0 Å². The van der Waals surface area contributed by atoms with E-state index < -0.39 is 11.8 Å². The molecule has 0 rings (SSSR count). The molecular weight excluding hydrogens is 138 g/mol. The average molecular weight is 151 g/mol. The Morgan fingerprint density at radius 2 is 1.30 bits per heavy atom. The zero-order chi connectivity index (χ0) is 9.15. The highest BCUT2D eigenvalue weighted by Gasteiger charge is 1.98. The molecule has 0 amide bonds. The number of Topliss-reactive ketones (excluding diaryl/α,β-unsaturated/α-hetero) is 1. The first-order valence-electron chi connectivity index (χ1n) is 2.41. The largest absolute Gasteiger partial charge is 0.476 e. The van der Waals surface area contributed by atoms with Crippen LogP contribution in [-0.2, 0) is 9.59 Å². The molecule has 0 saturated carbocycles. The van der Waals surface area contributed by atoms with Gasteiger partial charge in [-0.05, 0) is 7.05 Å². The van der Waals surface area contributed by atoms with Gasteiger partial charge in [0.05, 0.1) is 0 Å². The van der Waals surface area contributed by atoms with E-state index in [1.807, 2.05) is 0 Å². The first kappa shape index (κ1) is 16.0. The third-order valence-electron chi connectivity index (χ3n) is 0.301. The maximum atomic E-state index is 9.54. The Hall–Kier alpha value is -0.940. The van der Waals surface area contributed by atoms with Crippen LogP contribution in [0.1, 0.15) is 6.92 Å². The first-order chi connectivity index (χ1) is 4.64. The lowest BCUT2D eigenvalue weighted by Gasteiger charge is -1.73. The second kappa shape index (κ2) is 15.7. The molecule has 0 aliphatic carbocycles. The fraction of sp³-hybridized carbons (Fsp3) is 0.600. The van der Waals surface area contributed by atoms with Crippen LogP contribution >= 0.6 is 0 Å². The van der Waals surface area contributed by atoms with Gasteiger partial charge in [0.2, 0.25) is 5.78 Å². The standard InChI is InChI=1S/C3H4O3.CH5N.CH4O/c1-2(4)3(5)6;2*1-2/h1H3,(H,5,6);2H2,1H3;2H,1H3. The Balaban J connectivity index is -0.000000105. The van der Waals surface area contributed by atoms with Crippen LogP contribution in [0.4, 0.5) is 0 Å². The van der Waals surface area contributed by atoms with Crippen molar-refractivity contribution in [2.24, 2.45) is 5.73 Å². The lowest BCUT2D eigenvalue weighted by atomic mass is 10.5. The number of carbonyl (C=O) groups excluding carboxylic acids is 1. The highest BCUT2D eigenvalue weighted by atomic mass is 16.4. The van der Waals surface area contributed by atoms with Gasteiger partial charge in [0.15, 0.2) is 0 Å². The number of nitrogens with two attached hydrogens (primary N) is 1. The van der Waals surface area contributed by atoms with Crippen LogP contribution in [0.5, 0.6) is 0 Å². The van der Waals surface area contributed by atoms with Crippen molar-refractivity contribution < 1.29 is 19.8 Å². The van der Waals surface area contributed by atoms with E-state index in [9.17, 15) is 9.59 Å². The number of carboxylic acids is 1. The van der Waals surface area contributed by atoms with E-state index in [-0.39, 0.29) is 0 Å². The number of carbonyl (C=O) groups is 2. The number of carboxylic acid groups (broad SMARTS) is 1. The quantitative estimate of drug-likeness (QED) is 0.410. The van der Waals surface area contributed by atoms with E-state index in [4.69, 9.17) is 10.2 Å². The highest BCUT2D eigenvalue weighted by molar-refractivity contribution is 6.31. The van der Waals surface area contributed by atoms with E-state index in [0.717, 1.165) is 14.0 Å². The van der Waals surface area contributed by atoms with Gasteiger partial charge >= 0.3 is 5.97 Å². The molecule has 0 aromatic rings. The predicted molar refractivity (Wildman–Crippen MR) is 36.6 cm³/mol. The van der Waals surface area contributed by atoms with Crippen molar-refractivity contribution in [2.45, 2.75) is 6.92 Å². The molecule has 0 spiro atoms. The van der Waals surface area contributed by atoms with E-state index >= 15 is 0 Å². The van der Waals surface area contributed by atoms with Crippen molar-refractivity contribution in [2.75, 3.05) is 14.2 Å². The number of rotatable bonds is 1. The van der Waals surface area contributed by atoms with E-state index in [2.05, 4.69) is 5.73 Å². The minimum absolute atomic E-state index is 0.824. The molecule has 5 nitrogen and oxygen atoms in total. The van der Waals surface area contributed by atoms with Crippen LogP contribution in [0.25, 0.3) is 0 Å². The summed E-state index contributed by atoms with van der Waals surface area (Å²) in [7, 11) is 2.50. The molecule has 0 fully saturated rings. The molecule has 0 aliphatic rings. The van der Waals surface area contributed by atoms with Gasteiger partial charge in [0, 0.05) is 14.0 Å². The van der Waals surface area contributed by atoms with Crippen molar-refractivity contribution in [3.8, 4) is 0 Å².